The summed E-state index contributed by atoms with van der Waals surface area (Å²) in [7, 11) is 1.62. The van der Waals surface area contributed by atoms with Crippen molar-refractivity contribution in [3.8, 4) is 11.5 Å². The van der Waals surface area contributed by atoms with E-state index in [0.29, 0.717) is 53.6 Å². The molecule has 40 heavy (non-hydrogen) atoms. The minimum absolute atomic E-state index is 0.225. The van der Waals surface area contributed by atoms with Crippen molar-refractivity contribution in [1.29, 1.82) is 0 Å². The number of hydrogen-bond acceptors (Lipinski definition) is 10. The maximum Gasteiger partial charge on any atom is 0.255 e. The largest absolute Gasteiger partial charge is 0.493 e. The first-order chi connectivity index (χ1) is 19.6. The lowest BCUT2D eigenvalue weighted by Crippen LogP contribution is -2.41. The fraction of sp³-hybridized carbons (Fsp3) is 0.310. The summed E-state index contributed by atoms with van der Waals surface area (Å²) in [4.78, 5) is 25.4. The number of aromatic nitrogens is 3. The van der Waals surface area contributed by atoms with Gasteiger partial charge in [-0.1, -0.05) is 12.1 Å². The third-order valence-electron chi connectivity index (χ3n) is 6.59. The summed E-state index contributed by atoms with van der Waals surface area (Å²) in [6, 6.07) is 14.8. The van der Waals surface area contributed by atoms with Crippen molar-refractivity contribution in [2.24, 2.45) is 0 Å². The molecule has 11 nitrogen and oxygen atoms in total. The molecule has 5 rings (SSSR count). The van der Waals surface area contributed by atoms with Crippen molar-refractivity contribution in [3.63, 3.8) is 0 Å². The van der Waals surface area contributed by atoms with Crippen LogP contribution in [0.1, 0.15) is 28.8 Å². The van der Waals surface area contributed by atoms with E-state index in [1.807, 2.05) is 24.3 Å². The predicted molar refractivity (Wildman–Crippen MR) is 154 cm³/mol. The van der Waals surface area contributed by atoms with E-state index in [9.17, 15) is 4.79 Å². The highest BCUT2D eigenvalue weighted by Gasteiger charge is 2.15. The number of ether oxygens (including phenoxy) is 3. The number of nitrogens with one attached hydrogen (secondary N) is 3. The zero-order valence-electron chi connectivity index (χ0n) is 22.4. The molecule has 208 valence electrons. The molecule has 1 atom stereocenters. The number of pyridine rings is 1. The molecule has 0 radical (unpaired) electrons. The summed E-state index contributed by atoms with van der Waals surface area (Å²) in [5.74, 6) is 2.07. The molecule has 1 aliphatic rings. The van der Waals surface area contributed by atoms with Gasteiger partial charge in [0.15, 0.2) is 11.5 Å². The summed E-state index contributed by atoms with van der Waals surface area (Å²) < 4.78 is 17.2. The normalized spacial score (nSPS) is 15.0. The second-order valence-corrected chi connectivity index (χ2v) is 9.43. The zero-order chi connectivity index (χ0) is 27.7. The van der Waals surface area contributed by atoms with Crippen LogP contribution in [0.3, 0.4) is 0 Å². The second kappa shape index (κ2) is 13.0. The summed E-state index contributed by atoms with van der Waals surface area (Å²) in [6.07, 6.45) is 4.94. The Morgan fingerprint density at radius 3 is 2.77 bits per heavy atom. The maximum atomic E-state index is 12.6. The quantitative estimate of drug-likeness (QED) is 0.207. The van der Waals surface area contributed by atoms with Crippen molar-refractivity contribution in [2.75, 3.05) is 49.8 Å². The first-order valence-corrected chi connectivity index (χ1v) is 13.2. The van der Waals surface area contributed by atoms with E-state index in [1.54, 1.807) is 37.6 Å². The number of benzene rings is 2. The molecule has 1 saturated heterocycles. The van der Waals surface area contributed by atoms with Gasteiger partial charge in [0.25, 0.3) is 5.91 Å². The average molecular weight is 544 g/mol. The van der Waals surface area contributed by atoms with Gasteiger partial charge in [-0.05, 0) is 42.7 Å². The Balaban J connectivity index is 1.21. The third kappa shape index (κ3) is 6.93. The van der Waals surface area contributed by atoms with Crippen LogP contribution in [0.5, 0.6) is 11.5 Å². The Morgan fingerprint density at radius 2 is 2.00 bits per heavy atom. The number of nitrogen functional groups attached to an aromatic ring is 1. The Hall–Kier alpha value is -4.48. The first kappa shape index (κ1) is 27.1. The smallest absolute Gasteiger partial charge is 0.255 e. The summed E-state index contributed by atoms with van der Waals surface area (Å²) >= 11 is 0. The van der Waals surface area contributed by atoms with Crippen molar-refractivity contribution >= 4 is 34.1 Å². The summed E-state index contributed by atoms with van der Waals surface area (Å²) in [5, 5.41) is 10.5. The van der Waals surface area contributed by atoms with Gasteiger partial charge in [-0.2, -0.15) is 0 Å². The third-order valence-corrected chi connectivity index (χ3v) is 6.59. The monoisotopic (exact) mass is 543 g/mol. The molecule has 0 bridgehead atoms. The van der Waals surface area contributed by atoms with E-state index in [0.717, 1.165) is 49.1 Å². The van der Waals surface area contributed by atoms with Gasteiger partial charge in [-0.15, -0.1) is 0 Å². The Bertz CT molecular complexity index is 1440. The number of morpholine rings is 1. The standard InChI is InChI=1S/C29H33N7O4/c1-38-25-15-24-23(14-26(25)40-11-2-3-22-17-39-12-10-31-22)28(35-18-34-24)33-16-19-4-6-20(7-5-19)29(37)36-21-8-9-32-27(30)13-21/h4-9,13-15,18,22,31H,2-3,10-12,16-17H2,1H3,(H,33,34,35)(H3,30,32,36,37). The molecule has 0 saturated carbocycles. The molecule has 1 fully saturated rings. The van der Waals surface area contributed by atoms with E-state index in [1.165, 1.54) is 6.33 Å². The van der Waals surface area contributed by atoms with Crippen molar-refractivity contribution < 1.29 is 19.0 Å². The molecular formula is C29H33N7O4. The molecule has 5 N–H and O–H groups in total. The van der Waals surface area contributed by atoms with Crippen LogP contribution in [0.15, 0.2) is 61.1 Å². The Morgan fingerprint density at radius 1 is 1.12 bits per heavy atom. The van der Waals surface area contributed by atoms with Gasteiger partial charge in [-0.3, -0.25) is 4.79 Å². The predicted octanol–water partition coefficient (Wildman–Crippen LogP) is 3.63. The van der Waals surface area contributed by atoms with Crippen LogP contribution in [0.25, 0.3) is 10.9 Å². The van der Waals surface area contributed by atoms with Crippen LogP contribution < -0.4 is 31.2 Å². The Labute approximate surface area is 232 Å². The molecule has 4 aromatic rings. The lowest BCUT2D eigenvalue weighted by atomic mass is 10.1. The number of anilines is 3. The summed E-state index contributed by atoms with van der Waals surface area (Å²) in [5.41, 5.74) is 8.55. The van der Waals surface area contributed by atoms with Crippen LogP contribution >= 0.6 is 0 Å². The van der Waals surface area contributed by atoms with E-state index in [-0.39, 0.29) is 5.91 Å². The van der Waals surface area contributed by atoms with E-state index in [2.05, 4.69) is 30.9 Å². The highest BCUT2D eigenvalue weighted by molar-refractivity contribution is 6.04. The molecule has 2 aromatic carbocycles. The van der Waals surface area contributed by atoms with Crippen LogP contribution in [0.2, 0.25) is 0 Å². The molecule has 11 heteroatoms. The van der Waals surface area contributed by atoms with Gasteiger partial charge in [0.1, 0.15) is 18.0 Å². The molecule has 3 heterocycles. The average Bonchev–Trinajstić information content (AvgIpc) is 2.98. The minimum Gasteiger partial charge on any atom is -0.493 e. The number of fused-ring (bicyclic) bond motifs is 1. The number of amides is 1. The van der Waals surface area contributed by atoms with E-state index < -0.39 is 0 Å². The van der Waals surface area contributed by atoms with Crippen LogP contribution in [0.4, 0.5) is 17.3 Å². The molecule has 1 aliphatic heterocycles. The molecular weight excluding hydrogens is 510 g/mol. The highest BCUT2D eigenvalue weighted by Crippen LogP contribution is 2.34. The molecule has 0 spiro atoms. The number of rotatable bonds is 11. The van der Waals surface area contributed by atoms with Crippen LogP contribution in [-0.4, -0.2) is 60.4 Å². The summed E-state index contributed by atoms with van der Waals surface area (Å²) in [6.45, 7) is 3.47. The second-order valence-electron chi connectivity index (χ2n) is 9.43. The molecule has 2 aromatic heterocycles. The number of carbonyl (C=O) groups is 1. The van der Waals surface area contributed by atoms with Gasteiger partial charge in [-0.25, -0.2) is 15.0 Å². The fourth-order valence-electron chi connectivity index (χ4n) is 4.48. The van der Waals surface area contributed by atoms with E-state index in [4.69, 9.17) is 19.9 Å². The van der Waals surface area contributed by atoms with Crippen molar-refractivity contribution in [2.45, 2.75) is 25.4 Å². The molecule has 0 aliphatic carbocycles. The SMILES string of the molecule is COc1cc2ncnc(NCc3ccc(C(=O)Nc4ccnc(N)c4)cc3)c2cc1OCCCC1COCCN1. The number of methoxy groups -OCH3 is 1. The van der Waals surface area contributed by atoms with E-state index >= 15 is 0 Å². The lowest BCUT2D eigenvalue weighted by Gasteiger charge is -2.23. The molecule has 1 amide bonds. The zero-order valence-corrected chi connectivity index (χ0v) is 22.4. The number of nitrogens with two attached hydrogens (primary N) is 1. The van der Waals surface area contributed by atoms with Gasteiger partial charge in [0.2, 0.25) is 0 Å². The van der Waals surface area contributed by atoms with Crippen LogP contribution in [0, 0.1) is 0 Å². The van der Waals surface area contributed by atoms with Crippen LogP contribution in [-0.2, 0) is 11.3 Å². The first-order valence-electron chi connectivity index (χ1n) is 13.2. The van der Waals surface area contributed by atoms with Gasteiger partial charge < -0.3 is 35.9 Å². The highest BCUT2D eigenvalue weighted by atomic mass is 16.5. The number of hydrogen-bond donors (Lipinski definition) is 4. The van der Waals surface area contributed by atoms with Gasteiger partial charge >= 0.3 is 0 Å². The minimum atomic E-state index is -0.225. The van der Waals surface area contributed by atoms with Gasteiger partial charge in [0.05, 0.1) is 32.4 Å². The van der Waals surface area contributed by atoms with Crippen molar-refractivity contribution in [3.05, 3.63) is 72.2 Å². The number of carbonyl (C=O) groups excluding carboxylic acids is 1. The van der Waals surface area contributed by atoms with Crippen molar-refractivity contribution in [1.82, 2.24) is 20.3 Å². The maximum absolute atomic E-state index is 12.6. The molecule has 1 unspecified atom stereocenters. The fourth-order valence-corrected chi connectivity index (χ4v) is 4.48. The topological polar surface area (TPSA) is 146 Å². The Kier molecular flexibility index (Phi) is 8.84. The van der Waals surface area contributed by atoms with Gasteiger partial charge in [0, 0.05) is 54.1 Å². The number of nitrogens with zero attached hydrogens (tertiary/aromatic N) is 3. The lowest BCUT2D eigenvalue weighted by molar-refractivity contribution is 0.0721.